The zero-order valence-electron chi connectivity index (χ0n) is 12.5. The van der Waals surface area contributed by atoms with Crippen LogP contribution in [0.5, 0.6) is 5.75 Å². The van der Waals surface area contributed by atoms with Gasteiger partial charge in [-0.3, -0.25) is 4.79 Å². The molecule has 3 rings (SSSR count). The highest BCUT2D eigenvalue weighted by molar-refractivity contribution is 5.83. The molecule has 21 heavy (non-hydrogen) atoms. The summed E-state index contributed by atoms with van der Waals surface area (Å²) in [6.45, 7) is 3.52. The number of para-hydroxylation sites is 2. The van der Waals surface area contributed by atoms with Crippen LogP contribution < -0.4 is 15.4 Å². The number of likely N-dealkylation sites (tertiary alicyclic amines) is 1. The zero-order chi connectivity index (χ0) is 14.7. The number of hydrogen-bond donors (Lipinski definition) is 2. The fraction of sp³-hybridized carbons (Fsp3) is 0.562. The first-order valence-electron chi connectivity index (χ1n) is 7.68. The topological polar surface area (TPSA) is 53.6 Å². The molecule has 114 valence electrons. The van der Waals surface area contributed by atoms with Gasteiger partial charge in [-0.2, -0.15) is 0 Å². The monoisotopic (exact) mass is 289 g/mol. The zero-order valence-corrected chi connectivity index (χ0v) is 12.5. The van der Waals surface area contributed by atoms with E-state index in [1.165, 1.54) is 0 Å². The molecule has 2 aliphatic rings. The molecular weight excluding hydrogens is 266 g/mol. The molecule has 1 unspecified atom stereocenters. The molecule has 0 radical (unpaired) electrons. The van der Waals surface area contributed by atoms with Crippen LogP contribution in [0.15, 0.2) is 24.3 Å². The van der Waals surface area contributed by atoms with Crippen LogP contribution in [0, 0.1) is 5.92 Å². The first-order valence-corrected chi connectivity index (χ1v) is 7.68. The van der Waals surface area contributed by atoms with E-state index in [0.29, 0.717) is 12.5 Å². The van der Waals surface area contributed by atoms with E-state index in [-0.39, 0.29) is 5.91 Å². The Morgan fingerprint density at radius 3 is 2.95 bits per heavy atom. The number of hydrogen-bond acceptors (Lipinski definition) is 4. The highest BCUT2D eigenvalue weighted by Gasteiger charge is 2.26. The maximum Gasteiger partial charge on any atom is 0.262 e. The summed E-state index contributed by atoms with van der Waals surface area (Å²) in [5.41, 5.74) is 0.955. The predicted octanol–water partition coefficient (Wildman–Crippen LogP) is 1.32. The normalized spacial score (nSPS) is 22.8. The van der Waals surface area contributed by atoms with Gasteiger partial charge in [0.1, 0.15) is 5.75 Å². The summed E-state index contributed by atoms with van der Waals surface area (Å²) in [4.78, 5) is 14.6. The summed E-state index contributed by atoms with van der Waals surface area (Å²) in [6.07, 6.45) is 1.87. The maximum atomic E-state index is 12.2. The number of benzene rings is 1. The number of rotatable bonds is 3. The molecule has 0 saturated carbocycles. The number of amides is 1. The van der Waals surface area contributed by atoms with E-state index in [2.05, 4.69) is 22.6 Å². The second-order valence-corrected chi connectivity index (χ2v) is 5.98. The molecule has 1 saturated heterocycles. The smallest absolute Gasteiger partial charge is 0.262 e. The Balaban J connectivity index is 1.48. The van der Waals surface area contributed by atoms with Crippen LogP contribution in [0.2, 0.25) is 0 Å². The molecule has 1 fully saturated rings. The van der Waals surface area contributed by atoms with Gasteiger partial charge in [-0.25, -0.2) is 0 Å². The largest absolute Gasteiger partial charge is 0.477 e. The Bertz CT molecular complexity index is 498. The van der Waals surface area contributed by atoms with Crippen molar-refractivity contribution in [2.75, 3.05) is 38.5 Å². The van der Waals surface area contributed by atoms with Crippen molar-refractivity contribution in [3.63, 3.8) is 0 Å². The highest BCUT2D eigenvalue weighted by Crippen LogP contribution is 2.28. The standard InChI is InChI=1S/C16H23N3O2/c1-19-8-6-12(7-9-19)10-18-16(20)15-11-17-13-4-2-3-5-14(13)21-15/h2-5,12,15,17H,6-11H2,1H3,(H,18,20). The van der Waals surface area contributed by atoms with E-state index in [9.17, 15) is 4.79 Å². The number of carbonyl (C=O) groups is 1. The van der Waals surface area contributed by atoms with Crippen molar-refractivity contribution < 1.29 is 9.53 Å². The Labute approximate surface area is 125 Å². The van der Waals surface area contributed by atoms with Gasteiger partial charge >= 0.3 is 0 Å². The summed E-state index contributed by atoms with van der Waals surface area (Å²) < 4.78 is 5.77. The maximum absolute atomic E-state index is 12.2. The molecule has 1 amide bonds. The SMILES string of the molecule is CN1CCC(CNC(=O)C2CNc3ccccc3O2)CC1. The molecule has 0 aromatic heterocycles. The fourth-order valence-electron chi connectivity index (χ4n) is 2.88. The molecule has 5 heteroatoms. The number of anilines is 1. The Kier molecular flexibility index (Phi) is 4.29. The van der Waals surface area contributed by atoms with Crippen LogP contribution in [0.3, 0.4) is 0 Å². The lowest BCUT2D eigenvalue weighted by Crippen LogP contribution is -2.46. The third-order valence-electron chi connectivity index (χ3n) is 4.33. The van der Waals surface area contributed by atoms with Crippen molar-refractivity contribution in [3.8, 4) is 5.75 Å². The highest BCUT2D eigenvalue weighted by atomic mass is 16.5. The van der Waals surface area contributed by atoms with Gasteiger partial charge in [0, 0.05) is 6.54 Å². The lowest BCUT2D eigenvalue weighted by Gasteiger charge is -2.30. The van der Waals surface area contributed by atoms with Crippen LogP contribution in [-0.2, 0) is 4.79 Å². The van der Waals surface area contributed by atoms with Gasteiger partial charge in [0.2, 0.25) is 0 Å². The van der Waals surface area contributed by atoms with E-state index >= 15 is 0 Å². The van der Waals surface area contributed by atoms with E-state index in [0.717, 1.165) is 43.9 Å². The lowest BCUT2D eigenvalue weighted by molar-refractivity contribution is -0.127. The molecule has 0 bridgehead atoms. The van der Waals surface area contributed by atoms with Crippen LogP contribution in [-0.4, -0.2) is 50.1 Å². The quantitative estimate of drug-likeness (QED) is 0.881. The van der Waals surface area contributed by atoms with Crippen molar-refractivity contribution in [1.29, 1.82) is 0 Å². The number of piperidine rings is 1. The van der Waals surface area contributed by atoms with E-state index in [1.807, 2.05) is 24.3 Å². The molecule has 1 aromatic rings. The van der Waals surface area contributed by atoms with Crippen LogP contribution in [0.25, 0.3) is 0 Å². The third-order valence-corrected chi connectivity index (χ3v) is 4.33. The molecule has 2 aliphatic heterocycles. The Morgan fingerprint density at radius 2 is 2.14 bits per heavy atom. The second-order valence-electron chi connectivity index (χ2n) is 5.98. The number of ether oxygens (including phenoxy) is 1. The number of nitrogens with zero attached hydrogens (tertiary/aromatic N) is 1. The predicted molar refractivity (Wildman–Crippen MR) is 82.6 cm³/mol. The number of carbonyl (C=O) groups excluding carboxylic acids is 1. The summed E-state index contributed by atoms with van der Waals surface area (Å²) in [5, 5.41) is 6.29. The molecule has 2 N–H and O–H groups in total. The van der Waals surface area contributed by atoms with Gasteiger partial charge in [0.05, 0.1) is 12.2 Å². The van der Waals surface area contributed by atoms with Gasteiger partial charge in [-0.05, 0) is 51.0 Å². The van der Waals surface area contributed by atoms with Gasteiger partial charge in [-0.1, -0.05) is 12.1 Å². The average molecular weight is 289 g/mol. The molecule has 0 aliphatic carbocycles. The van der Waals surface area contributed by atoms with Gasteiger partial charge in [0.25, 0.3) is 5.91 Å². The number of nitrogens with one attached hydrogen (secondary N) is 2. The minimum Gasteiger partial charge on any atom is -0.477 e. The fourth-order valence-corrected chi connectivity index (χ4v) is 2.88. The van der Waals surface area contributed by atoms with Crippen molar-refractivity contribution in [2.24, 2.45) is 5.92 Å². The summed E-state index contributed by atoms with van der Waals surface area (Å²) in [6, 6.07) is 7.72. The molecule has 1 atom stereocenters. The summed E-state index contributed by atoms with van der Waals surface area (Å²) in [7, 11) is 2.15. The minimum atomic E-state index is -0.439. The summed E-state index contributed by atoms with van der Waals surface area (Å²) >= 11 is 0. The van der Waals surface area contributed by atoms with Crippen molar-refractivity contribution in [3.05, 3.63) is 24.3 Å². The molecular formula is C16H23N3O2. The van der Waals surface area contributed by atoms with E-state index in [1.54, 1.807) is 0 Å². The van der Waals surface area contributed by atoms with Gasteiger partial charge < -0.3 is 20.3 Å². The minimum absolute atomic E-state index is 0.0177. The van der Waals surface area contributed by atoms with Crippen molar-refractivity contribution in [1.82, 2.24) is 10.2 Å². The van der Waals surface area contributed by atoms with Crippen LogP contribution in [0.1, 0.15) is 12.8 Å². The van der Waals surface area contributed by atoms with Crippen LogP contribution in [0.4, 0.5) is 5.69 Å². The third kappa shape index (κ3) is 3.47. The first kappa shape index (κ1) is 14.2. The molecule has 1 aromatic carbocycles. The lowest BCUT2D eigenvalue weighted by atomic mass is 9.97. The van der Waals surface area contributed by atoms with E-state index < -0.39 is 6.10 Å². The second kappa shape index (κ2) is 6.35. The molecule has 2 heterocycles. The first-order chi connectivity index (χ1) is 10.2. The molecule has 5 nitrogen and oxygen atoms in total. The van der Waals surface area contributed by atoms with Gasteiger partial charge in [-0.15, -0.1) is 0 Å². The van der Waals surface area contributed by atoms with Crippen molar-refractivity contribution in [2.45, 2.75) is 18.9 Å². The molecule has 0 spiro atoms. The van der Waals surface area contributed by atoms with Gasteiger partial charge in [0.15, 0.2) is 6.10 Å². The average Bonchev–Trinajstić information content (AvgIpc) is 2.53. The van der Waals surface area contributed by atoms with Crippen LogP contribution >= 0.6 is 0 Å². The number of fused-ring (bicyclic) bond motifs is 1. The van der Waals surface area contributed by atoms with E-state index in [4.69, 9.17) is 4.74 Å². The van der Waals surface area contributed by atoms with Crippen molar-refractivity contribution >= 4 is 11.6 Å². The Hall–Kier alpha value is -1.75. The Morgan fingerprint density at radius 1 is 1.38 bits per heavy atom. The summed E-state index contributed by atoms with van der Waals surface area (Å²) in [5.74, 6) is 1.33.